The summed E-state index contributed by atoms with van der Waals surface area (Å²) < 4.78 is 5.63. The van der Waals surface area contributed by atoms with Gasteiger partial charge in [-0.15, -0.1) is 12.3 Å². The number of nitrogens with one attached hydrogen (secondary N) is 1. The molecule has 3 nitrogen and oxygen atoms in total. The number of hydrazine groups is 1. The first-order valence-corrected chi connectivity index (χ1v) is 5.48. The molecule has 16 heavy (non-hydrogen) atoms. The minimum atomic E-state index is 0.180. The Morgan fingerprint density at radius 2 is 2.38 bits per heavy atom. The van der Waals surface area contributed by atoms with E-state index < -0.39 is 0 Å². The molecule has 1 heterocycles. The second kappa shape index (κ2) is 5.02. The van der Waals surface area contributed by atoms with Gasteiger partial charge in [0.05, 0.1) is 6.61 Å². The zero-order chi connectivity index (χ0) is 11.4. The molecule has 2 rings (SSSR count). The summed E-state index contributed by atoms with van der Waals surface area (Å²) in [5.41, 5.74) is 4.07. The van der Waals surface area contributed by atoms with Gasteiger partial charge in [0.15, 0.2) is 0 Å². The zero-order valence-electron chi connectivity index (χ0n) is 9.15. The van der Waals surface area contributed by atoms with E-state index in [1.165, 1.54) is 5.56 Å². The van der Waals surface area contributed by atoms with Crippen molar-refractivity contribution in [2.45, 2.75) is 24.8 Å². The van der Waals surface area contributed by atoms with Crippen molar-refractivity contribution >= 4 is 0 Å². The van der Waals surface area contributed by atoms with Crippen molar-refractivity contribution in [3.63, 3.8) is 0 Å². The predicted octanol–water partition coefficient (Wildman–Crippen LogP) is 1.41. The first kappa shape index (κ1) is 11.0. The van der Waals surface area contributed by atoms with Crippen LogP contribution in [0, 0.1) is 12.3 Å². The van der Waals surface area contributed by atoms with Crippen LogP contribution in [0.5, 0.6) is 5.75 Å². The van der Waals surface area contributed by atoms with Gasteiger partial charge in [0, 0.05) is 23.9 Å². The maximum Gasteiger partial charge on any atom is 0.122 e. The second-order valence-corrected chi connectivity index (χ2v) is 3.97. The van der Waals surface area contributed by atoms with Crippen molar-refractivity contribution in [2.75, 3.05) is 6.61 Å². The molecule has 2 unspecified atom stereocenters. The van der Waals surface area contributed by atoms with E-state index >= 15 is 0 Å². The topological polar surface area (TPSA) is 47.3 Å². The minimum Gasteiger partial charge on any atom is -0.493 e. The molecule has 0 spiro atoms. The molecule has 3 heteroatoms. The number of fused-ring (bicyclic) bond motifs is 1. The van der Waals surface area contributed by atoms with Crippen LogP contribution in [0.25, 0.3) is 0 Å². The third-order valence-electron chi connectivity index (χ3n) is 3.04. The van der Waals surface area contributed by atoms with Crippen LogP contribution in [0.2, 0.25) is 0 Å². The second-order valence-electron chi connectivity index (χ2n) is 3.97. The lowest BCUT2D eigenvalue weighted by atomic mass is 9.91. The zero-order valence-corrected chi connectivity index (χ0v) is 9.15. The Hall–Kier alpha value is -1.50. The number of terminal acetylenes is 1. The van der Waals surface area contributed by atoms with Crippen molar-refractivity contribution in [1.29, 1.82) is 0 Å². The molecule has 0 aromatic heterocycles. The summed E-state index contributed by atoms with van der Waals surface area (Å²) in [6.45, 7) is 0.679. The number of hydrogen-bond donors (Lipinski definition) is 2. The average Bonchev–Trinajstić information content (AvgIpc) is 2.75. The van der Waals surface area contributed by atoms with Crippen molar-refractivity contribution in [2.24, 2.45) is 5.84 Å². The maximum atomic E-state index is 5.63. The van der Waals surface area contributed by atoms with E-state index in [1.807, 2.05) is 18.2 Å². The summed E-state index contributed by atoms with van der Waals surface area (Å²) in [4.78, 5) is 0. The number of nitrogens with two attached hydrogens (primary N) is 1. The van der Waals surface area contributed by atoms with Gasteiger partial charge in [-0.25, -0.2) is 0 Å². The summed E-state index contributed by atoms with van der Waals surface area (Å²) in [5.74, 6) is 9.49. The number of hydrogen-bond acceptors (Lipinski definition) is 3. The Morgan fingerprint density at radius 3 is 3.12 bits per heavy atom. The highest BCUT2D eigenvalue weighted by Gasteiger charge is 2.29. The molecule has 0 fully saturated rings. The van der Waals surface area contributed by atoms with E-state index in [9.17, 15) is 0 Å². The molecule has 84 valence electrons. The fourth-order valence-corrected chi connectivity index (χ4v) is 2.16. The van der Waals surface area contributed by atoms with Crippen LogP contribution in [0.4, 0.5) is 0 Å². The van der Waals surface area contributed by atoms with Crippen LogP contribution in [0.15, 0.2) is 24.3 Å². The van der Waals surface area contributed by atoms with Crippen LogP contribution in [0.3, 0.4) is 0 Å². The molecule has 2 atom stereocenters. The van der Waals surface area contributed by atoms with Gasteiger partial charge in [-0.1, -0.05) is 18.2 Å². The highest BCUT2D eigenvalue weighted by molar-refractivity contribution is 5.40. The highest BCUT2D eigenvalue weighted by Crippen LogP contribution is 2.36. The molecule has 0 saturated heterocycles. The molecule has 1 aliphatic heterocycles. The average molecular weight is 216 g/mol. The largest absolute Gasteiger partial charge is 0.493 e. The van der Waals surface area contributed by atoms with Crippen LogP contribution < -0.4 is 16.0 Å². The minimum absolute atomic E-state index is 0.180. The van der Waals surface area contributed by atoms with Gasteiger partial charge >= 0.3 is 0 Å². The predicted molar refractivity (Wildman–Crippen MR) is 63.9 cm³/mol. The number of rotatable bonds is 4. The Bertz CT molecular complexity index is 397. The van der Waals surface area contributed by atoms with E-state index in [0.29, 0.717) is 12.5 Å². The van der Waals surface area contributed by atoms with Gasteiger partial charge < -0.3 is 4.74 Å². The SMILES string of the molecule is C#CCCC(NN)C1COc2ccccc21. The van der Waals surface area contributed by atoms with Crippen molar-refractivity contribution in [1.82, 2.24) is 5.43 Å². The maximum absolute atomic E-state index is 5.63. The smallest absolute Gasteiger partial charge is 0.122 e. The van der Waals surface area contributed by atoms with Crippen LogP contribution >= 0.6 is 0 Å². The van der Waals surface area contributed by atoms with E-state index in [2.05, 4.69) is 17.4 Å². The third-order valence-corrected chi connectivity index (χ3v) is 3.04. The van der Waals surface area contributed by atoms with Gasteiger partial charge in [-0.2, -0.15) is 0 Å². The molecular formula is C13H16N2O. The van der Waals surface area contributed by atoms with E-state index in [1.54, 1.807) is 0 Å². The molecular weight excluding hydrogens is 200 g/mol. The fraction of sp³-hybridized carbons (Fsp3) is 0.385. The van der Waals surface area contributed by atoms with Gasteiger partial charge in [0.2, 0.25) is 0 Å². The van der Waals surface area contributed by atoms with Gasteiger partial charge in [0.25, 0.3) is 0 Å². The summed E-state index contributed by atoms with van der Waals surface area (Å²) in [5, 5.41) is 0. The molecule has 1 aromatic rings. The van der Waals surface area contributed by atoms with Gasteiger partial charge in [-0.05, 0) is 12.5 Å². The summed E-state index contributed by atoms with van der Waals surface area (Å²) in [7, 11) is 0. The van der Waals surface area contributed by atoms with E-state index in [4.69, 9.17) is 17.0 Å². The van der Waals surface area contributed by atoms with Crippen molar-refractivity contribution in [3.8, 4) is 18.1 Å². The van der Waals surface area contributed by atoms with E-state index in [-0.39, 0.29) is 6.04 Å². The van der Waals surface area contributed by atoms with Crippen LogP contribution in [-0.4, -0.2) is 12.6 Å². The lowest BCUT2D eigenvalue weighted by molar-refractivity contribution is 0.293. The first-order chi connectivity index (χ1) is 7.86. The van der Waals surface area contributed by atoms with Crippen molar-refractivity contribution in [3.05, 3.63) is 29.8 Å². The van der Waals surface area contributed by atoms with Crippen molar-refractivity contribution < 1.29 is 4.74 Å². The summed E-state index contributed by atoms with van der Waals surface area (Å²) in [6, 6.07) is 8.26. The fourth-order valence-electron chi connectivity index (χ4n) is 2.16. The van der Waals surface area contributed by atoms with Crippen LogP contribution in [0.1, 0.15) is 24.3 Å². The molecule has 1 aromatic carbocycles. The quantitative estimate of drug-likeness (QED) is 0.454. The standard InChI is InChI=1S/C13H16N2O/c1-2-3-7-12(15-14)11-9-16-13-8-5-4-6-10(11)13/h1,4-6,8,11-12,15H,3,7,9,14H2. The van der Waals surface area contributed by atoms with E-state index in [0.717, 1.165) is 18.6 Å². The molecule has 3 N–H and O–H groups in total. The molecule has 0 saturated carbocycles. The Kier molecular flexibility index (Phi) is 3.45. The molecule has 1 aliphatic rings. The van der Waals surface area contributed by atoms with Gasteiger partial charge in [-0.3, -0.25) is 11.3 Å². The number of benzene rings is 1. The third kappa shape index (κ3) is 2.04. The molecule has 0 bridgehead atoms. The Balaban J connectivity index is 2.14. The lowest BCUT2D eigenvalue weighted by Crippen LogP contribution is -2.40. The number of ether oxygens (including phenoxy) is 1. The van der Waals surface area contributed by atoms with Crippen LogP contribution in [-0.2, 0) is 0 Å². The number of para-hydroxylation sites is 1. The normalized spacial score (nSPS) is 19.6. The Morgan fingerprint density at radius 1 is 1.56 bits per heavy atom. The first-order valence-electron chi connectivity index (χ1n) is 5.48. The monoisotopic (exact) mass is 216 g/mol. The summed E-state index contributed by atoms with van der Waals surface area (Å²) >= 11 is 0. The van der Waals surface area contributed by atoms with Gasteiger partial charge in [0.1, 0.15) is 5.75 Å². The highest BCUT2D eigenvalue weighted by atomic mass is 16.5. The summed E-state index contributed by atoms with van der Waals surface area (Å²) in [6.07, 6.45) is 6.88. The molecule has 0 radical (unpaired) electrons. The molecule has 0 amide bonds. The Labute approximate surface area is 96.0 Å². The molecule has 0 aliphatic carbocycles. The lowest BCUT2D eigenvalue weighted by Gasteiger charge is -2.20.